The van der Waals surface area contributed by atoms with Gasteiger partial charge in [-0.1, -0.05) is 17.9 Å². The Morgan fingerprint density at radius 3 is 2.61 bits per heavy atom. The molecule has 3 N–H and O–H groups in total. The van der Waals surface area contributed by atoms with Gasteiger partial charge < -0.3 is 20.1 Å². The van der Waals surface area contributed by atoms with Crippen LogP contribution in [-0.2, 0) is 16.1 Å². The number of aromatic nitrogens is 3. The van der Waals surface area contributed by atoms with Gasteiger partial charge in [0.15, 0.2) is 0 Å². The number of fused-ring (bicyclic) bond motifs is 2. The smallest absolute Gasteiger partial charge is 0.258 e. The first-order valence-electron chi connectivity index (χ1n) is 17.5. The number of pyridine rings is 2. The van der Waals surface area contributed by atoms with Crippen molar-refractivity contribution in [1.29, 1.82) is 0 Å². The Morgan fingerprint density at radius 2 is 1.84 bits per heavy atom. The fourth-order valence-electron chi connectivity index (χ4n) is 7.58. The van der Waals surface area contributed by atoms with Crippen LogP contribution in [0.3, 0.4) is 0 Å². The maximum atomic E-state index is 13.1. The second kappa shape index (κ2) is 13.6. The molecule has 8 rings (SSSR count). The standard InChI is InChI=1S/C38H39N9O4/c1-44-13-4-8-31(44)30-19-26-22-39-33(20-29(26)41-30)42-36(49)25-9-11-34(40-21-25)46-17-15-45(16-18-46)14-3-6-24-5-2-7-27-28(24)23-47(38(27)51)32-10-12-35(48)43-37(32)50/h2,5,7,9,11,19-22,31-32,41H,4,8,10,12-18,23H2,1H3,(H,39,42,49)(H,43,48,50)/t31-,32?/m1/s1. The average Bonchev–Trinajstić information content (AvgIpc) is 3.85. The molecule has 260 valence electrons. The number of carbonyl (C=O) groups excluding carboxylic acids is 4. The Hall–Kier alpha value is -5.58. The van der Waals surface area contributed by atoms with Crippen LogP contribution < -0.4 is 15.5 Å². The van der Waals surface area contributed by atoms with E-state index in [4.69, 9.17) is 0 Å². The Balaban J connectivity index is 0.836. The lowest BCUT2D eigenvalue weighted by Gasteiger charge is -2.34. The van der Waals surface area contributed by atoms with Crippen molar-refractivity contribution in [3.63, 3.8) is 0 Å². The number of amides is 4. The van der Waals surface area contributed by atoms with Gasteiger partial charge in [-0.05, 0) is 68.8 Å². The zero-order valence-corrected chi connectivity index (χ0v) is 28.4. The van der Waals surface area contributed by atoms with Gasteiger partial charge in [0.25, 0.3) is 11.8 Å². The largest absolute Gasteiger partial charge is 0.357 e. The summed E-state index contributed by atoms with van der Waals surface area (Å²) >= 11 is 0. The first kappa shape index (κ1) is 32.6. The van der Waals surface area contributed by atoms with Crippen LogP contribution in [0.2, 0.25) is 0 Å². The van der Waals surface area contributed by atoms with Crippen LogP contribution in [0.1, 0.15) is 69.3 Å². The monoisotopic (exact) mass is 685 g/mol. The number of carbonyl (C=O) groups is 4. The number of anilines is 2. The third-order valence-corrected chi connectivity index (χ3v) is 10.5. The van der Waals surface area contributed by atoms with E-state index in [9.17, 15) is 19.2 Å². The van der Waals surface area contributed by atoms with Crippen molar-refractivity contribution < 1.29 is 19.2 Å². The minimum absolute atomic E-state index is 0.200. The summed E-state index contributed by atoms with van der Waals surface area (Å²) in [4.78, 5) is 71.1. The number of piperazine rings is 1. The van der Waals surface area contributed by atoms with Gasteiger partial charge in [0.1, 0.15) is 17.7 Å². The molecule has 0 radical (unpaired) electrons. The topological polar surface area (TPSA) is 147 Å². The normalized spacial score (nSPS) is 21.1. The Morgan fingerprint density at radius 1 is 0.980 bits per heavy atom. The fourth-order valence-corrected chi connectivity index (χ4v) is 7.58. The number of H-pyrrole nitrogens is 1. The van der Waals surface area contributed by atoms with Crippen molar-refractivity contribution in [3.8, 4) is 11.8 Å². The number of benzene rings is 1. The molecule has 4 aliphatic rings. The molecule has 7 heterocycles. The van der Waals surface area contributed by atoms with Crippen LogP contribution in [0.25, 0.3) is 10.9 Å². The molecule has 4 aliphatic heterocycles. The molecule has 13 nitrogen and oxygen atoms in total. The van der Waals surface area contributed by atoms with Gasteiger partial charge in [0.05, 0.1) is 17.6 Å². The zero-order valence-electron chi connectivity index (χ0n) is 28.4. The van der Waals surface area contributed by atoms with E-state index in [-0.39, 0.29) is 24.1 Å². The van der Waals surface area contributed by atoms with Gasteiger partial charge in [0.2, 0.25) is 11.8 Å². The minimum atomic E-state index is -0.650. The van der Waals surface area contributed by atoms with Crippen molar-refractivity contribution in [2.45, 2.75) is 44.3 Å². The average molecular weight is 686 g/mol. The fraction of sp³-hybridized carbons (Fsp3) is 0.368. The molecule has 1 aromatic carbocycles. The molecule has 0 bridgehead atoms. The molecule has 0 spiro atoms. The van der Waals surface area contributed by atoms with Crippen LogP contribution in [0, 0.1) is 11.8 Å². The highest BCUT2D eigenvalue weighted by Gasteiger charge is 2.39. The molecule has 1 unspecified atom stereocenters. The number of rotatable bonds is 6. The summed E-state index contributed by atoms with van der Waals surface area (Å²) in [7, 11) is 2.15. The third kappa shape index (κ3) is 6.56. The van der Waals surface area contributed by atoms with Crippen LogP contribution in [0.4, 0.5) is 11.6 Å². The summed E-state index contributed by atoms with van der Waals surface area (Å²) in [6.07, 6.45) is 6.27. The number of hydrogen-bond acceptors (Lipinski definition) is 9. The lowest BCUT2D eigenvalue weighted by atomic mass is 10.0. The predicted molar refractivity (Wildman–Crippen MR) is 191 cm³/mol. The van der Waals surface area contributed by atoms with Crippen LogP contribution >= 0.6 is 0 Å². The lowest BCUT2D eigenvalue weighted by Crippen LogP contribution is -2.52. The summed E-state index contributed by atoms with van der Waals surface area (Å²) in [5, 5.41) is 6.28. The van der Waals surface area contributed by atoms with Gasteiger partial charge in [-0.3, -0.25) is 34.3 Å². The second-order valence-electron chi connectivity index (χ2n) is 13.7. The quantitative estimate of drug-likeness (QED) is 0.206. The molecule has 3 fully saturated rings. The van der Waals surface area contributed by atoms with E-state index in [2.05, 4.69) is 65.2 Å². The first-order chi connectivity index (χ1) is 24.8. The highest BCUT2D eigenvalue weighted by molar-refractivity contribution is 6.06. The molecule has 4 amide bonds. The number of hydrogen-bond donors (Lipinski definition) is 3. The Labute approximate surface area is 295 Å². The molecule has 13 heteroatoms. The number of imide groups is 1. The van der Waals surface area contributed by atoms with Crippen molar-refractivity contribution in [3.05, 3.63) is 82.8 Å². The molecule has 4 aromatic rings. The summed E-state index contributed by atoms with van der Waals surface area (Å²) in [5.41, 5.74) is 4.76. The molecule has 51 heavy (non-hydrogen) atoms. The maximum absolute atomic E-state index is 13.1. The zero-order chi connectivity index (χ0) is 35.1. The second-order valence-corrected chi connectivity index (χ2v) is 13.7. The van der Waals surface area contributed by atoms with Gasteiger partial charge in [0, 0.05) is 85.9 Å². The van der Waals surface area contributed by atoms with Gasteiger partial charge in [-0.25, -0.2) is 9.97 Å². The molecule has 0 saturated carbocycles. The van der Waals surface area contributed by atoms with Crippen LogP contribution in [0.5, 0.6) is 0 Å². The SMILES string of the molecule is CN1CCC[C@@H]1c1cc2cnc(NC(=O)c3ccc(N4CCN(CC#Cc5cccc6c5CN(C5CCC(=O)NC5=O)C6=O)CC4)nc3)cc2[nH]1. The Bertz CT molecular complexity index is 2090. The van der Waals surface area contributed by atoms with Crippen LogP contribution in [-0.4, -0.2) is 106 Å². The van der Waals surface area contributed by atoms with E-state index in [1.807, 2.05) is 24.3 Å². The van der Waals surface area contributed by atoms with Gasteiger partial charge in [-0.15, -0.1) is 0 Å². The summed E-state index contributed by atoms with van der Waals surface area (Å²) < 4.78 is 0. The van der Waals surface area contributed by atoms with Gasteiger partial charge >= 0.3 is 0 Å². The van der Waals surface area contributed by atoms with E-state index in [1.165, 1.54) is 12.1 Å². The number of nitrogens with zero attached hydrogens (tertiary/aromatic N) is 6. The molecule has 0 aliphatic carbocycles. The van der Waals surface area contributed by atoms with E-state index < -0.39 is 11.9 Å². The summed E-state index contributed by atoms with van der Waals surface area (Å²) in [5.74, 6) is 6.66. The minimum Gasteiger partial charge on any atom is -0.357 e. The van der Waals surface area contributed by atoms with Crippen molar-refractivity contribution in [1.82, 2.24) is 35.0 Å². The van der Waals surface area contributed by atoms with Crippen molar-refractivity contribution in [2.24, 2.45) is 0 Å². The molecule has 2 atom stereocenters. The molecular weight excluding hydrogens is 646 g/mol. The summed E-state index contributed by atoms with van der Waals surface area (Å²) in [6.45, 7) is 5.13. The number of likely N-dealkylation sites (tertiary alicyclic amines) is 1. The Kier molecular flexibility index (Phi) is 8.71. The highest BCUT2D eigenvalue weighted by Crippen LogP contribution is 2.32. The van der Waals surface area contributed by atoms with E-state index in [0.717, 1.165) is 67.0 Å². The first-order valence-corrected chi connectivity index (χ1v) is 17.5. The molecule has 3 saturated heterocycles. The van der Waals surface area contributed by atoms with Crippen molar-refractivity contribution in [2.75, 3.05) is 56.5 Å². The van der Waals surface area contributed by atoms with E-state index in [0.29, 0.717) is 42.5 Å². The number of piperidine rings is 1. The lowest BCUT2D eigenvalue weighted by molar-refractivity contribution is -0.136. The molecule has 3 aromatic heterocycles. The van der Waals surface area contributed by atoms with E-state index in [1.54, 1.807) is 29.4 Å². The predicted octanol–water partition coefficient (Wildman–Crippen LogP) is 2.91. The highest BCUT2D eigenvalue weighted by atomic mass is 16.2. The number of aromatic amines is 1. The van der Waals surface area contributed by atoms with Crippen molar-refractivity contribution >= 4 is 46.2 Å². The number of nitrogens with one attached hydrogen (secondary N) is 3. The van der Waals surface area contributed by atoms with Crippen LogP contribution in [0.15, 0.2) is 54.9 Å². The van der Waals surface area contributed by atoms with E-state index >= 15 is 0 Å². The maximum Gasteiger partial charge on any atom is 0.258 e. The molecular formula is C38H39N9O4. The van der Waals surface area contributed by atoms with Gasteiger partial charge in [-0.2, -0.15) is 0 Å². The third-order valence-electron chi connectivity index (χ3n) is 10.5. The summed E-state index contributed by atoms with van der Waals surface area (Å²) in [6, 6.07) is 12.9.